The third kappa shape index (κ3) is 3.36. The third-order valence-corrected chi connectivity index (χ3v) is 5.17. The molecule has 2 saturated heterocycles. The number of aliphatic hydroxyl groups excluding tert-OH is 1. The molecule has 2 fully saturated rings. The van der Waals surface area contributed by atoms with E-state index in [1.54, 1.807) is 6.92 Å². The fraction of sp³-hybridized carbons (Fsp3) is 0.647. The number of nitrogens with zero attached hydrogens (tertiary/aromatic N) is 2. The van der Waals surface area contributed by atoms with Crippen molar-refractivity contribution in [1.29, 1.82) is 0 Å². The molecule has 4 heteroatoms. The number of rotatable bonds is 3. The molecule has 0 amide bonds. The number of aliphatic hydroxyl groups is 1. The molecule has 116 valence electrons. The van der Waals surface area contributed by atoms with E-state index in [1.165, 1.54) is 38.8 Å². The van der Waals surface area contributed by atoms with Crippen LogP contribution in [0.25, 0.3) is 0 Å². The molecule has 1 aromatic rings. The summed E-state index contributed by atoms with van der Waals surface area (Å²) in [5.74, 6) is 0. The van der Waals surface area contributed by atoms with Crippen LogP contribution in [0.2, 0.25) is 5.02 Å². The van der Waals surface area contributed by atoms with Crippen LogP contribution in [0.15, 0.2) is 18.2 Å². The van der Waals surface area contributed by atoms with Crippen LogP contribution in [0.5, 0.6) is 0 Å². The fourth-order valence-electron chi connectivity index (χ4n) is 3.58. The van der Waals surface area contributed by atoms with Gasteiger partial charge in [0, 0.05) is 19.1 Å². The molecular formula is C17H25ClN2O. The van der Waals surface area contributed by atoms with Crippen molar-refractivity contribution in [2.24, 2.45) is 0 Å². The minimum atomic E-state index is -0.462. The van der Waals surface area contributed by atoms with Crippen molar-refractivity contribution >= 4 is 17.3 Å². The van der Waals surface area contributed by atoms with Crippen molar-refractivity contribution in [2.45, 2.75) is 44.8 Å². The second-order valence-electron chi connectivity index (χ2n) is 6.37. The van der Waals surface area contributed by atoms with Gasteiger partial charge in [0.15, 0.2) is 0 Å². The van der Waals surface area contributed by atoms with E-state index >= 15 is 0 Å². The van der Waals surface area contributed by atoms with E-state index in [0.717, 1.165) is 29.4 Å². The Bertz CT molecular complexity index is 486. The zero-order valence-corrected chi connectivity index (χ0v) is 13.5. The van der Waals surface area contributed by atoms with Gasteiger partial charge < -0.3 is 10.0 Å². The first-order chi connectivity index (χ1) is 10.1. The van der Waals surface area contributed by atoms with Crippen LogP contribution in [0.3, 0.4) is 0 Å². The summed E-state index contributed by atoms with van der Waals surface area (Å²) in [5, 5.41) is 10.4. The Morgan fingerprint density at radius 1 is 1.19 bits per heavy atom. The SMILES string of the molecule is CC(O)c1ccc(N2CCC(N3CCCCC3)C2)c(Cl)c1. The van der Waals surface area contributed by atoms with Gasteiger partial charge in [0.25, 0.3) is 0 Å². The monoisotopic (exact) mass is 308 g/mol. The predicted molar refractivity (Wildman–Crippen MR) is 88.1 cm³/mol. The van der Waals surface area contributed by atoms with Gasteiger partial charge in [-0.1, -0.05) is 24.1 Å². The van der Waals surface area contributed by atoms with Crippen LogP contribution < -0.4 is 4.90 Å². The fourth-order valence-corrected chi connectivity index (χ4v) is 3.89. The van der Waals surface area contributed by atoms with Gasteiger partial charge in [-0.05, 0) is 57.0 Å². The molecule has 2 aliphatic rings. The number of benzene rings is 1. The molecule has 0 bridgehead atoms. The lowest BCUT2D eigenvalue weighted by Gasteiger charge is -2.32. The van der Waals surface area contributed by atoms with Gasteiger partial charge in [0.05, 0.1) is 16.8 Å². The van der Waals surface area contributed by atoms with E-state index in [2.05, 4.69) is 15.9 Å². The van der Waals surface area contributed by atoms with Crippen molar-refractivity contribution < 1.29 is 5.11 Å². The van der Waals surface area contributed by atoms with Crippen molar-refractivity contribution in [3.63, 3.8) is 0 Å². The van der Waals surface area contributed by atoms with Gasteiger partial charge in [-0.25, -0.2) is 0 Å². The predicted octanol–water partition coefficient (Wildman–Crippen LogP) is 3.46. The lowest BCUT2D eigenvalue weighted by atomic mass is 10.1. The Kier molecular flexibility index (Phi) is 4.72. The topological polar surface area (TPSA) is 26.7 Å². The van der Waals surface area contributed by atoms with E-state index in [9.17, 15) is 5.11 Å². The Hall–Kier alpha value is -0.770. The Morgan fingerprint density at radius 3 is 2.62 bits per heavy atom. The lowest BCUT2D eigenvalue weighted by Crippen LogP contribution is -2.40. The summed E-state index contributed by atoms with van der Waals surface area (Å²) in [7, 11) is 0. The number of hydrogen-bond donors (Lipinski definition) is 1. The van der Waals surface area contributed by atoms with E-state index in [1.807, 2.05) is 12.1 Å². The number of piperidine rings is 1. The Balaban J connectivity index is 1.68. The second kappa shape index (κ2) is 6.55. The zero-order chi connectivity index (χ0) is 14.8. The van der Waals surface area contributed by atoms with Gasteiger partial charge in [0.2, 0.25) is 0 Å². The molecule has 2 unspecified atom stereocenters. The molecule has 3 rings (SSSR count). The third-order valence-electron chi connectivity index (χ3n) is 4.87. The number of anilines is 1. The van der Waals surface area contributed by atoms with Crippen LogP contribution in [0, 0.1) is 0 Å². The normalized spacial score (nSPS) is 25.3. The highest BCUT2D eigenvalue weighted by atomic mass is 35.5. The first-order valence-electron chi connectivity index (χ1n) is 8.11. The van der Waals surface area contributed by atoms with Crippen LogP contribution in [0.1, 0.15) is 44.3 Å². The number of likely N-dealkylation sites (tertiary alicyclic amines) is 1. The average molecular weight is 309 g/mol. The van der Waals surface area contributed by atoms with E-state index in [-0.39, 0.29) is 0 Å². The number of halogens is 1. The lowest BCUT2D eigenvalue weighted by molar-refractivity contribution is 0.175. The maximum Gasteiger partial charge on any atom is 0.0762 e. The van der Waals surface area contributed by atoms with Crippen LogP contribution in [-0.4, -0.2) is 42.2 Å². The quantitative estimate of drug-likeness (QED) is 0.926. The maximum atomic E-state index is 9.64. The van der Waals surface area contributed by atoms with E-state index in [0.29, 0.717) is 6.04 Å². The number of hydrogen-bond acceptors (Lipinski definition) is 3. The van der Waals surface area contributed by atoms with E-state index < -0.39 is 6.10 Å². The van der Waals surface area contributed by atoms with Gasteiger partial charge in [-0.2, -0.15) is 0 Å². The van der Waals surface area contributed by atoms with Crippen LogP contribution in [0.4, 0.5) is 5.69 Å². The summed E-state index contributed by atoms with van der Waals surface area (Å²) in [4.78, 5) is 5.05. The molecule has 2 atom stereocenters. The van der Waals surface area contributed by atoms with Gasteiger partial charge in [-0.3, -0.25) is 4.90 Å². The van der Waals surface area contributed by atoms with E-state index in [4.69, 9.17) is 11.6 Å². The molecule has 0 saturated carbocycles. The summed E-state index contributed by atoms with van der Waals surface area (Å²) in [6.07, 6.45) is 4.85. The molecular weight excluding hydrogens is 284 g/mol. The van der Waals surface area contributed by atoms with Gasteiger partial charge in [0.1, 0.15) is 0 Å². The van der Waals surface area contributed by atoms with Gasteiger partial charge >= 0.3 is 0 Å². The maximum absolute atomic E-state index is 9.64. The minimum absolute atomic E-state index is 0.462. The van der Waals surface area contributed by atoms with Crippen LogP contribution >= 0.6 is 11.6 Å². The average Bonchev–Trinajstić information content (AvgIpc) is 2.97. The molecule has 3 nitrogen and oxygen atoms in total. The highest BCUT2D eigenvalue weighted by Crippen LogP contribution is 2.32. The van der Waals surface area contributed by atoms with Gasteiger partial charge in [-0.15, -0.1) is 0 Å². The molecule has 0 radical (unpaired) electrons. The molecule has 0 aliphatic carbocycles. The van der Waals surface area contributed by atoms with Crippen molar-refractivity contribution in [3.8, 4) is 0 Å². The highest BCUT2D eigenvalue weighted by Gasteiger charge is 2.29. The van der Waals surface area contributed by atoms with Crippen molar-refractivity contribution in [3.05, 3.63) is 28.8 Å². The first kappa shape index (κ1) is 15.1. The molecule has 2 heterocycles. The largest absolute Gasteiger partial charge is 0.389 e. The molecule has 0 aromatic heterocycles. The Labute approximate surface area is 132 Å². The molecule has 21 heavy (non-hydrogen) atoms. The highest BCUT2D eigenvalue weighted by molar-refractivity contribution is 6.33. The molecule has 1 aromatic carbocycles. The smallest absolute Gasteiger partial charge is 0.0762 e. The van der Waals surface area contributed by atoms with Crippen molar-refractivity contribution in [1.82, 2.24) is 4.90 Å². The molecule has 1 N–H and O–H groups in total. The molecule has 0 spiro atoms. The molecule has 2 aliphatic heterocycles. The minimum Gasteiger partial charge on any atom is -0.389 e. The van der Waals surface area contributed by atoms with Crippen molar-refractivity contribution in [2.75, 3.05) is 31.1 Å². The Morgan fingerprint density at radius 2 is 1.95 bits per heavy atom. The summed E-state index contributed by atoms with van der Waals surface area (Å²) in [6.45, 7) is 6.44. The summed E-state index contributed by atoms with van der Waals surface area (Å²) < 4.78 is 0. The van der Waals surface area contributed by atoms with Crippen LogP contribution in [-0.2, 0) is 0 Å². The standard InChI is InChI=1S/C17H25ClN2O/c1-13(21)14-5-6-17(16(18)11-14)20-10-7-15(12-20)19-8-3-2-4-9-19/h5-6,11,13,15,21H,2-4,7-10,12H2,1H3. The summed E-state index contributed by atoms with van der Waals surface area (Å²) >= 11 is 6.42. The summed E-state index contributed by atoms with van der Waals surface area (Å²) in [6, 6.07) is 6.62. The zero-order valence-electron chi connectivity index (χ0n) is 12.8. The first-order valence-corrected chi connectivity index (χ1v) is 8.49. The summed E-state index contributed by atoms with van der Waals surface area (Å²) in [5.41, 5.74) is 2.00. The second-order valence-corrected chi connectivity index (χ2v) is 6.78.